The number of hydrogen-bond acceptors (Lipinski definition) is 2. The minimum Gasteiger partial charge on any atom is -0.504 e. The van der Waals surface area contributed by atoms with Crippen molar-refractivity contribution in [2.45, 2.75) is 0 Å². The molecule has 2 rings (SSSR count). The summed E-state index contributed by atoms with van der Waals surface area (Å²) in [4.78, 5) is 0. The number of benzene rings is 2. The van der Waals surface area contributed by atoms with Gasteiger partial charge in [-0.25, -0.2) is 0 Å². The molecule has 0 unspecified atom stereocenters. The van der Waals surface area contributed by atoms with Crippen LogP contribution in [-0.2, 0) is 0 Å². The summed E-state index contributed by atoms with van der Waals surface area (Å²) in [5.74, 6) is 0.177. The van der Waals surface area contributed by atoms with Crippen LogP contribution >= 0.6 is 58.0 Å². The Labute approximate surface area is 134 Å². The summed E-state index contributed by atoms with van der Waals surface area (Å²) in [6.45, 7) is 0. The third-order valence-corrected chi connectivity index (χ3v) is 3.94. The molecule has 0 amide bonds. The van der Waals surface area contributed by atoms with E-state index in [9.17, 15) is 5.11 Å². The molecule has 0 heterocycles. The Bertz CT molecular complexity index is 587. The number of rotatable bonds is 2. The summed E-state index contributed by atoms with van der Waals surface area (Å²) in [5.41, 5.74) is 0. The van der Waals surface area contributed by atoms with Gasteiger partial charge in [-0.05, 0) is 6.07 Å². The Kier molecular flexibility index (Phi) is 4.59. The Morgan fingerprint density at radius 3 is 1.74 bits per heavy atom. The van der Waals surface area contributed by atoms with Crippen molar-refractivity contribution < 1.29 is 9.84 Å². The first-order valence-electron chi connectivity index (χ1n) is 4.89. The maximum atomic E-state index is 9.72. The summed E-state index contributed by atoms with van der Waals surface area (Å²) in [6.07, 6.45) is 0. The second-order valence-corrected chi connectivity index (χ2v) is 5.57. The zero-order valence-corrected chi connectivity index (χ0v) is 12.8. The highest BCUT2D eigenvalue weighted by Gasteiger charge is 2.12. The van der Waals surface area contributed by atoms with E-state index >= 15 is 0 Å². The van der Waals surface area contributed by atoms with E-state index in [0.717, 1.165) is 0 Å². The highest BCUT2D eigenvalue weighted by Crippen LogP contribution is 2.41. The maximum absolute atomic E-state index is 9.72. The van der Waals surface area contributed by atoms with E-state index in [1.807, 2.05) is 0 Å². The number of aromatic hydroxyl groups is 1. The van der Waals surface area contributed by atoms with E-state index in [0.29, 0.717) is 5.02 Å². The minimum atomic E-state index is -0.170. The topological polar surface area (TPSA) is 29.5 Å². The van der Waals surface area contributed by atoms with Gasteiger partial charge in [0.05, 0.1) is 25.1 Å². The van der Waals surface area contributed by atoms with Crippen molar-refractivity contribution in [3.8, 4) is 17.2 Å². The average Bonchev–Trinajstić information content (AvgIpc) is 2.32. The van der Waals surface area contributed by atoms with E-state index in [1.54, 1.807) is 0 Å². The number of ether oxygens (including phenoxy) is 1. The molecule has 2 nitrogen and oxygen atoms in total. The lowest BCUT2D eigenvalue weighted by Gasteiger charge is -2.11. The van der Waals surface area contributed by atoms with Crippen LogP contribution < -0.4 is 4.74 Å². The molecule has 7 heteroatoms. The van der Waals surface area contributed by atoms with Gasteiger partial charge in [0.25, 0.3) is 0 Å². The van der Waals surface area contributed by atoms with Gasteiger partial charge in [-0.2, -0.15) is 0 Å². The second kappa shape index (κ2) is 5.86. The van der Waals surface area contributed by atoms with E-state index in [4.69, 9.17) is 62.7 Å². The predicted octanol–water partition coefficient (Wildman–Crippen LogP) is 6.45. The normalized spacial score (nSPS) is 10.6. The van der Waals surface area contributed by atoms with Crippen LogP contribution in [0.25, 0.3) is 0 Å². The quantitative estimate of drug-likeness (QED) is 0.625. The molecule has 0 fully saturated rings. The van der Waals surface area contributed by atoms with Gasteiger partial charge in [-0.15, -0.1) is 0 Å². The SMILES string of the molecule is Oc1cc(Cl)c(Cl)cc1Oc1cc(Cl)c(Cl)cc1Cl. The first kappa shape index (κ1) is 14.9. The molecule has 2 aromatic carbocycles. The smallest absolute Gasteiger partial charge is 0.170 e. The molecular formula is C12H5Cl5O2. The van der Waals surface area contributed by atoms with Crippen LogP contribution in [0.1, 0.15) is 0 Å². The number of phenolic OH excluding ortho intramolecular Hbond substituents is 1. The van der Waals surface area contributed by atoms with E-state index in [2.05, 4.69) is 0 Å². The predicted molar refractivity (Wildman–Crippen MR) is 79.7 cm³/mol. The van der Waals surface area contributed by atoms with Gasteiger partial charge < -0.3 is 9.84 Å². The zero-order chi connectivity index (χ0) is 14.2. The monoisotopic (exact) mass is 356 g/mol. The van der Waals surface area contributed by atoms with Crippen LogP contribution in [-0.4, -0.2) is 5.11 Å². The van der Waals surface area contributed by atoms with Crippen LogP contribution in [0.3, 0.4) is 0 Å². The Morgan fingerprint density at radius 1 is 0.632 bits per heavy atom. The molecule has 0 saturated carbocycles. The molecule has 100 valence electrons. The minimum absolute atomic E-state index is 0.106. The van der Waals surface area contributed by atoms with Gasteiger partial charge in [0.1, 0.15) is 5.75 Å². The van der Waals surface area contributed by atoms with Gasteiger partial charge in [-0.1, -0.05) is 58.0 Å². The van der Waals surface area contributed by atoms with E-state index < -0.39 is 0 Å². The Balaban J connectivity index is 2.42. The maximum Gasteiger partial charge on any atom is 0.170 e. The fraction of sp³-hybridized carbons (Fsp3) is 0. The lowest BCUT2D eigenvalue weighted by atomic mass is 10.3. The van der Waals surface area contributed by atoms with Crippen molar-refractivity contribution in [1.29, 1.82) is 0 Å². The van der Waals surface area contributed by atoms with Gasteiger partial charge in [0.15, 0.2) is 11.5 Å². The van der Waals surface area contributed by atoms with E-state index in [1.165, 1.54) is 24.3 Å². The van der Waals surface area contributed by atoms with Crippen LogP contribution in [0, 0.1) is 0 Å². The molecule has 0 aromatic heterocycles. The van der Waals surface area contributed by atoms with Crippen molar-refractivity contribution in [3.05, 3.63) is 49.4 Å². The summed E-state index contributed by atoms with van der Waals surface area (Å²) in [6, 6.07) is 5.52. The zero-order valence-electron chi connectivity index (χ0n) is 9.05. The van der Waals surface area contributed by atoms with E-state index in [-0.39, 0.29) is 37.3 Å². The molecule has 1 N–H and O–H groups in total. The molecule has 19 heavy (non-hydrogen) atoms. The van der Waals surface area contributed by atoms with Crippen LogP contribution in [0.2, 0.25) is 25.1 Å². The van der Waals surface area contributed by atoms with Crippen molar-refractivity contribution in [3.63, 3.8) is 0 Å². The molecule has 0 aliphatic carbocycles. The fourth-order valence-corrected chi connectivity index (χ4v) is 2.19. The van der Waals surface area contributed by atoms with Crippen molar-refractivity contribution in [2.24, 2.45) is 0 Å². The second-order valence-electron chi connectivity index (χ2n) is 3.53. The van der Waals surface area contributed by atoms with Gasteiger partial charge >= 0.3 is 0 Å². The molecule has 0 aliphatic rings. The fourth-order valence-electron chi connectivity index (χ4n) is 1.30. The van der Waals surface area contributed by atoms with Crippen LogP contribution in [0.5, 0.6) is 17.2 Å². The lowest BCUT2D eigenvalue weighted by Crippen LogP contribution is -1.87. The molecular weight excluding hydrogens is 353 g/mol. The lowest BCUT2D eigenvalue weighted by molar-refractivity contribution is 0.411. The first-order chi connectivity index (χ1) is 8.88. The number of hydrogen-bond donors (Lipinski definition) is 1. The highest BCUT2D eigenvalue weighted by molar-refractivity contribution is 6.43. The number of halogens is 5. The third-order valence-electron chi connectivity index (χ3n) is 2.20. The molecule has 0 atom stereocenters. The molecule has 0 bridgehead atoms. The summed E-state index contributed by atoms with van der Waals surface area (Å²) < 4.78 is 5.44. The van der Waals surface area contributed by atoms with Crippen molar-refractivity contribution in [2.75, 3.05) is 0 Å². The van der Waals surface area contributed by atoms with Crippen molar-refractivity contribution >= 4 is 58.0 Å². The molecule has 2 aromatic rings. The third kappa shape index (κ3) is 3.33. The molecule has 0 spiro atoms. The Morgan fingerprint density at radius 2 is 1.11 bits per heavy atom. The Hall–Kier alpha value is -0.510. The van der Waals surface area contributed by atoms with Crippen LogP contribution in [0.15, 0.2) is 24.3 Å². The standard InChI is InChI=1S/C12H5Cl5O2/c13-5-1-9(17)11(3-7(5)15)19-12-4-8(16)6(14)2-10(12)18/h1-4,18H. The average molecular weight is 358 g/mol. The first-order valence-corrected chi connectivity index (χ1v) is 6.78. The summed E-state index contributed by atoms with van der Waals surface area (Å²) in [5, 5.41) is 11.0. The molecule has 0 aliphatic heterocycles. The number of phenols is 1. The van der Waals surface area contributed by atoms with Crippen LogP contribution in [0.4, 0.5) is 0 Å². The van der Waals surface area contributed by atoms with Crippen molar-refractivity contribution in [1.82, 2.24) is 0 Å². The summed E-state index contributed by atoms with van der Waals surface area (Å²) >= 11 is 29.2. The van der Waals surface area contributed by atoms with Gasteiger partial charge in [0.2, 0.25) is 0 Å². The van der Waals surface area contributed by atoms with Gasteiger partial charge in [-0.3, -0.25) is 0 Å². The molecule has 0 radical (unpaired) electrons. The summed E-state index contributed by atoms with van der Waals surface area (Å²) in [7, 11) is 0. The van der Waals surface area contributed by atoms with Gasteiger partial charge in [0, 0.05) is 18.2 Å². The largest absolute Gasteiger partial charge is 0.504 e. The highest BCUT2D eigenvalue weighted by atomic mass is 35.5. The molecule has 0 saturated heterocycles.